The van der Waals surface area contributed by atoms with Gasteiger partial charge in [0.15, 0.2) is 5.60 Å². The van der Waals surface area contributed by atoms with Gasteiger partial charge in [0.25, 0.3) is 0 Å². The Morgan fingerprint density at radius 3 is 2.73 bits per heavy atom. The molecule has 2 aromatic rings. The number of nitrogens with zero attached hydrogens (tertiary/aromatic N) is 1. The maximum atomic E-state index is 11.2. The molecule has 0 aliphatic carbocycles. The van der Waals surface area contributed by atoms with Crippen LogP contribution >= 0.6 is 23.2 Å². The second-order valence-electron chi connectivity index (χ2n) is 4.87. The molecule has 2 nitrogen and oxygen atoms in total. The molecule has 1 aromatic heterocycles. The largest absolute Gasteiger partial charge is 0.373 e. The van der Waals surface area contributed by atoms with Gasteiger partial charge in [-0.25, -0.2) is 0 Å². The van der Waals surface area contributed by atoms with E-state index in [1.165, 1.54) is 6.08 Å². The Labute approximate surface area is 140 Å². The van der Waals surface area contributed by atoms with Crippen molar-refractivity contribution in [3.8, 4) is 11.8 Å². The van der Waals surface area contributed by atoms with Gasteiger partial charge < -0.3 is 5.11 Å². The van der Waals surface area contributed by atoms with E-state index in [4.69, 9.17) is 23.2 Å². The first-order valence-corrected chi connectivity index (χ1v) is 7.46. The van der Waals surface area contributed by atoms with Crippen LogP contribution < -0.4 is 0 Å². The number of aliphatic hydroxyl groups is 1. The SMILES string of the molecule is C=CC#CC(O)(c1cccnc1)C(C)c1ccc(Cl)cc1Cl. The number of allylic oxidation sites excluding steroid dienone is 1. The van der Waals surface area contributed by atoms with Crippen molar-refractivity contribution in [3.05, 3.63) is 76.6 Å². The molecular weight excluding hydrogens is 317 g/mol. The number of hydrogen-bond acceptors (Lipinski definition) is 2. The maximum Gasteiger partial charge on any atom is 0.159 e. The van der Waals surface area contributed by atoms with Gasteiger partial charge >= 0.3 is 0 Å². The molecule has 4 heteroatoms. The Kier molecular flexibility index (Phi) is 5.26. The number of aromatic nitrogens is 1. The van der Waals surface area contributed by atoms with Crippen LogP contribution in [0.2, 0.25) is 10.0 Å². The highest BCUT2D eigenvalue weighted by atomic mass is 35.5. The van der Waals surface area contributed by atoms with Crippen LogP contribution in [0.5, 0.6) is 0 Å². The van der Waals surface area contributed by atoms with Crippen LogP contribution in [-0.4, -0.2) is 10.1 Å². The molecule has 1 aromatic carbocycles. The van der Waals surface area contributed by atoms with Crippen molar-refractivity contribution >= 4 is 23.2 Å². The van der Waals surface area contributed by atoms with E-state index in [-0.39, 0.29) is 5.92 Å². The summed E-state index contributed by atoms with van der Waals surface area (Å²) >= 11 is 12.2. The minimum absolute atomic E-state index is 0.381. The van der Waals surface area contributed by atoms with Crippen LogP contribution in [0.1, 0.15) is 24.0 Å². The van der Waals surface area contributed by atoms with Crippen molar-refractivity contribution in [3.63, 3.8) is 0 Å². The summed E-state index contributed by atoms with van der Waals surface area (Å²) in [5.74, 6) is 5.21. The molecule has 1 N–H and O–H groups in total. The Balaban J connectivity index is 2.56. The van der Waals surface area contributed by atoms with Crippen molar-refractivity contribution in [1.29, 1.82) is 0 Å². The molecule has 0 bridgehead atoms. The molecule has 0 radical (unpaired) electrons. The number of pyridine rings is 1. The lowest BCUT2D eigenvalue weighted by molar-refractivity contribution is 0.0742. The fourth-order valence-corrected chi connectivity index (χ4v) is 2.83. The van der Waals surface area contributed by atoms with E-state index in [1.807, 2.05) is 6.92 Å². The lowest BCUT2D eigenvalue weighted by atomic mass is 9.79. The molecule has 112 valence electrons. The van der Waals surface area contributed by atoms with E-state index in [9.17, 15) is 5.11 Å². The maximum absolute atomic E-state index is 11.2. The van der Waals surface area contributed by atoms with Crippen LogP contribution in [0.3, 0.4) is 0 Å². The van der Waals surface area contributed by atoms with E-state index in [0.717, 1.165) is 5.56 Å². The third-order valence-corrected chi connectivity index (χ3v) is 4.08. The molecule has 2 rings (SSSR count). The van der Waals surface area contributed by atoms with E-state index in [1.54, 1.807) is 42.7 Å². The van der Waals surface area contributed by atoms with Gasteiger partial charge in [-0.2, -0.15) is 0 Å². The molecule has 0 fully saturated rings. The summed E-state index contributed by atoms with van der Waals surface area (Å²) in [6, 6.07) is 8.73. The van der Waals surface area contributed by atoms with Gasteiger partial charge in [-0.15, -0.1) is 0 Å². The third kappa shape index (κ3) is 3.34. The standard InChI is InChI=1S/C18H15Cl2NO/c1-3-4-9-18(22,14-6-5-10-21-12-14)13(2)16-8-7-15(19)11-17(16)20/h3,5-8,10-13,22H,1H2,2H3. The average molecular weight is 332 g/mol. The molecular formula is C18H15Cl2NO. The van der Waals surface area contributed by atoms with Crippen molar-refractivity contribution in [2.24, 2.45) is 0 Å². The fraction of sp³-hybridized carbons (Fsp3) is 0.167. The number of hydrogen-bond donors (Lipinski definition) is 1. The Morgan fingerprint density at radius 2 is 2.14 bits per heavy atom. The van der Waals surface area contributed by atoms with E-state index in [0.29, 0.717) is 15.6 Å². The molecule has 0 aliphatic heterocycles. The molecule has 2 atom stereocenters. The summed E-state index contributed by atoms with van der Waals surface area (Å²) in [4.78, 5) is 4.06. The molecule has 0 saturated carbocycles. The summed E-state index contributed by atoms with van der Waals surface area (Å²) in [7, 11) is 0. The van der Waals surface area contributed by atoms with E-state index >= 15 is 0 Å². The molecule has 0 spiro atoms. The Hall–Kier alpha value is -1.79. The summed E-state index contributed by atoms with van der Waals surface area (Å²) < 4.78 is 0. The monoisotopic (exact) mass is 331 g/mol. The highest BCUT2D eigenvalue weighted by Crippen LogP contribution is 2.39. The molecule has 0 saturated heterocycles. The van der Waals surface area contributed by atoms with Crippen LogP contribution in [-0.2, 0) is 5.60 Å². The first-order valence-electron chi connectivity index (χ1n) is 6.70. The minimum Gasteiger partial charge on any atom is -0.373 e. The lowest BCUT2D eigenvalue weighted by Crippen LogP contribution is -2.31. The normalized spacial score (nSPS) is 14.4. The first-order chi connectivity index (χ1) is 10.5. The third-order valence-electron chi connectivity index (χ3n) is 3.52. The summed E-state index contributed by atoms with van der Waals surface area (Å²) in [6.45, 7) is 5.44. The van der Waals surface area contributed by atoms with Crippen LogP contribution in [0.4, 0.5) is 0 Å². The molecule has 2 unspecified atom stereocenters. The Bertz CT molecular complexity index is 734. The van der Waals surface area contributed by atoms with Crippen molar-refractivity contribution in [1.82, 2.24) is 4.98 Å². The van der Waals surface area contributed by atoms with E-state index in [2.05, 4.69) is 23.4 Å². The summed E-state index contributed by atoms with van der Waals surface area (Å²) in [6.07, 6.45) is 4.68. The highest BCUT2D eigenvalue weighted by Gasteiger charge is 2.36. The van der Waals surface area contributed by atoms with E-state index < -0.39 is 5.60 Å². The topological polar surface area (TPSA) is 33.1 Å². The fourth-order valence-electron chi connectivity index (χ4n) is 2.26. The van der Waals surface area contributed by atoms with Crippen molar-refractivity contribution < 1.29 is 5.11 Å². The van der Waals surface area contributed by atoms with Gasteiger partial charge in [-0.1, -0.05) is 60.7 Å². The summed E-state index contributed by atoms with van der Waals surface area (Å²) in [5, 5.41) is 12.2. The number of rotatable bonds is 3. The van der Waals surface area contributed by atoms with Gasteiger partial charge in [0.05, 0.1) is 0 Å². The van der Waals surface area contributed by atoms with Gasteiger partial charge in [0.1, 0.15) is 0 Å². The van der Waals surface area contributed by atoms with Gasteiger partial charge in [-0.05, 0) is 29.8 Å². The summed E-state index contributed by atoms with van der Waals surface area (Å²) in [5.41, 5.74) is -0.0708. The molecule has 0 amide bonds. The minimum atomic E-state index is -1.43. The lowest BCUT2D eigenvalue weighted by Gasteiger charge is -2.30. The number of benzene rings is 1. The van der Waals surface area contributed by atoms with Crippen LogP contribution in [0.25, 0.3) is 0 Å². The molecule has 22 heavy (non-hydrogen) atoms. The van der Waals surface area contributed by atoms with Crippen molar-refractivity contribution in [2.45, 2.75) is 18.4 Å². The molecule has 0 aliphatic rings. The first kappa shape index (κ1) is 16.6. The average Bonchev–Trinajstić information content (AvgIpc) is 2.53. The predicted octanol–water partition coefficient (Wildman–Crippen LogP) is 4.57. The highest BCUT2D eigenvalue weighted by molar-refractivity contribution is 6.35. The molecule has 1 heterocycles. The quantitative estimate of drug-likeness (QED) is 0.835. The van der Waals surface area contributed by atoms with Gasteiger partial charge in [0.2, 0.25) is 0 Å². The second-order valence-corrected chi connectivity index (χ2v) is 5.71. The zero-order chi connectivity index (χ0) is 16.2. The smallest absolute Gasteiger partial charge is 0.159 e. The van der Waals surface area contributed by atoms with Crippen molar-refractivity contribution in [2.75, 3.05) is 0 Å². The zero-order valence-electron chi connectivity index (χ0n) is 12.1. The zero-order valence-corrected chi connectivity index (χ0v) is 13.6. The number of halogens is 2. The predicted molar refractivity (Wildman–Crippen MR) is 91.0 cm³/mol. The van der Waals surface area contributed by atoms with Gasteiger partial charge in [-0.3, -0.25) is 4.98 Å². The second kappa shape index (κ2) is 6.98. The Morgan fingerprint density at radius 1 is 1.36 bits per heavy atom. The van der Waals surface area contributed by atoms with Crippen LogP contribution in [0.15, 0.2) is 55.4 Å². The van der Waals surface area contributed by atoms with Crippen LogP contribution in [0, 0.1) is 11.8 Å². The van der Waals surface area contributed by atoms with Gasteiger partial charge in [0, 0.05) is 33.9 Å².